The first-order chi connectivity index (χ1) is 11.0. The molecule has 0 bridgehead atoms. The van der Waals surface area contributed by atoms with Crippen LogP contribution >= 0.6 is 7.52 Å². The molecule has 0 amide bonds. The van der Waals surface area contributed by atoms with Gasteiger partial charge in [0.1, 0.15) is 0 Å². The van der Waals surface area contributed by atoms with E-state index in [9.17, 15) is 4.57 Å². The summed E-state index contributed by atoms with van der Waals surface area (Å²) in [6.45, 7) is 7.69. The summed E-state index contributed by atoms with van der Waals surface area (Å²) in [5.74, 6) is 0.395. The van der Waals surface area contributed by atoms with Crippen LogP contribution in [-0.2, 0) is 15.6 Å². The second-order valence-electron chi connectivity index (χ2n) is 6.21. The zero-order chi connectivity index (χ0) is 16.9. The van der Waals surface area contributed by atoms with E-state index >= 15 is 0 Å². The average molecular weight is 331 g/mol. The van der Waals surface area contributed by atoms with Crippen molar-refractivity contribution >= 4 is 12.8 Å². The molecule has 0 N–H and O–H groups in total. The lowest BCUT2D eigenvalue weighted by atomic mass is 10.1. The zero-order valence-corrected chi connectivity index (χ0v) is 15.3. The van der Waals surface area contributed by atoms with Crippen LogP contribution in [0, 0.1) is 12.8 Å². The van der Waals surface area contributed by atoms with E-state index in [1.807, 2.05) is 47.1 Å². The quantitative estimate of drug-likeness (QED) is 0.694. The highest BCUT2D eigenvalue weighted by Gasteiger charge is 2.33. The van der Waals surface area contributed by atoms with Gasteiger partial charge >= 0.3 is 7.52 Å². The van der Waals surface area contributed by atoms with Crippen molar-refractivity contribution in [2.45, 2.75) is 27.3 Å². The van der Waals surface area contributed by atoms with Crippen molar-refractivity contribution in [1.82, 2.24) is 4.67 Å². The summed E-state index contributed by atoms with van der Waals surface area (Å²) in [4.78, 5) is 0. The maximum atomic E-state index is 13.6. The van der Waals surface area contributed by atoms with Crippen LogP contribution in [0.1, 0.15) is 25.0 Å². The molecule has 2 aromatic carbocycles. The van der Waals surface area contributed by atoms with Gasteiger partial charge in [0.2, 0.25) is 0 Å². The van der Waals surface area contributed by atoms with Gasteiger partial charge in [0.05, 0.1) is 5.30 Å². The van der Waals surface area contributed by atoms with Gasteiger partial charge in [-0.2, -0.15) is 0 Å². The molecule has 2 rings (SSSR count). The zero-order valence-electron chi connectivity index (χ0n) is 14.4. The second kappa shape index (κ2) is 7.92. The molecular formula is C19H26NO2P. The molecule has 1 atom stereocenters. The lowest BCUT2D eigenvalue weighted by Crippen LogP contribution is -2.30. The third kappa shape index (κ3) is 4.32. The van der Waals surface area contributed by atoms with E-state index < -0.39 is 7.52 Å². The summed E-state index contributed by atoms with van der Waals surface area (Å²) in [7, 11) is -1.53. The molecule has 0 spiro atoms. The summed E-state index contributed by atoms with van der Waals surface area (Å²) in [5, 5.41) is 0.747. The predicted molar refractivity (Wildman–Crippen MR) is 97.1 cm³/mol. The smallest absolute Gasteiger partial charge is 0.302 e. The van der Waals surface area contributed by atoms with Gasteiger partial charge in [-0.1, -0.05) is 56.3 Å². The fraction of sp³-hybridized carbons (Fsp3) is 0.368. The van der Waals surface area contributed by atoms with Crippen LogP contribution < -0.4 is 5.30 Å². The standard InChI is InChI=1S/C19H26NO2P/c1-16(2)14-20(15-18-11-9-8-10-17(18)3)23(21,22-4)19-12-6-5-7-13-19/h5-13,16H,14-15H2,1-4H3. The lowest BCUT2D eigenvalue weighted by Gasteiger charge is -2.32. The number of hydrogen-bond acceptors (Lipinski definition) is 2. The van der Waals surface area contributed by atoms with Gasteiger partial charge in [0.25, 0.3) is 0 Å². The fourth-order valence-corrected chi connectivity index (χ4v) is 4.87. The average Bonchev–Trinajstić information content (AvgIpc) is 2.56. The Hall–Kier alpha value is -1.41. The molecule has 23 heavy (non-hydrogen) atoms. The maximum absolute atomic E-state index is 13.6. The van der Waals surface area contributed by atoms with Crippen molar-refractivity contribution in [3.8, 4) is 0 Å². The molecule has 0 heterocycles. The summed E-state index contributed by atoms with van der Waals surface area (Å²) >= 11 is 0. The molecule has 0 saturated heterocycles. The molecular weight excluding hydrogens is 305 g/mol. The van der Waals surface area contributed by atoms with Crippen molar-refractivity contribution in [2.24, 2.45) is 5.92 Å². The van der Waals surface area contributed by atoms with Crippen LogP contribution in [0.15, 0.2) is 54.6 Å². The molecule has 0 aliphatic heterocycles. The molecule has 0 aromatic heterocycles. The second-order valence-corrected chi connectivity index (χ2v) is 8.69. The van der Waals surface area contributed by atoms with Gasteiger partial charge in [0, 0.05) is 20.2 Å². The molecule has 3 nitrogen and oxygen atoms in total. The van der Waals surface area contributed by atoms with Gasteiger partial charge in [-0.3, -0.25) is 4.57 Å². The van der Waals surface area contributed by atoms with E-state index in [-0.39, 0.29) is 0 Å². The number of benzene rings is 2. The minimum absolute atomic E-state index is 0.395. The highest BCUT2D eigenvalue weighted by molar-refractivity contribution is 7.64. The minimum Gasteiger partial charge on any atom is -0.317 e. The number of nitrogens with zero attached hydrogens (tertiary/aromatic N) is 1. The van der Waals surface area contributed by atoms with Crippen molar-refractivity contribution in [3.05, 3.63) is 65.7 Å². The highest BCUT2D eigenvalue weighted by atomic mass is 31.2. The Morgan fingerprint density at radius 3 is 2.22 bits per heavy atom. The Balaban J connectivity index is 2.40. The van der Waals surface area contributed by atoms with E-state index in [1.54, 1.807) is 7.11 Å². The van der Waals surface area contributed by atoms with Crippen LogP contribution in [0.3, 0.4) is 0 Å². The third-order valence-corrected chi connectivity index (χ3v) is 6.39. The van der Waals surface area contributed by atoms with Crippen molar-refractivity contribution in [2.75, 3.05) is 13.7 Å². The Bertz CT molecular complexity index is 670. The maximum Gasteiger partial charge on any atom is 0.302 e. The topological polar surface area (TPSA) is 29.5 Å². The predicted octanol–water partition coefficient (Wildman–Crippen LogP) is 4.62. The molecule has 0 aliphatic rings. The van der Waals surface area contributed by atoms with Crippen molar-refractivity contribution in [1.29, 1.82) is 0 Å². The van der Waals surface area contributed by atoms with Crippen LogP contribution in [0.4, 0.5) is 0 Å². The Morgan fingerprint density at radius 1 is 1.04 bits per heavy atom. The molecule has 0 radical (unpaired) electrons. The SMILES string of the molecule is COP(=O)(c1ccccc1)N(Cc1ccccc1C)CC(C)C. The third-order valence-electron chi connectivity index (χ3n) is 3.89. The number of hydrogen-bond donors (Lipinski definition) is 0. The van der Waals surface area contributed by atoms with Gasteiger partial charge in [0.15, 0.2) is 0 Å². The largest absolute Gasteiger partial charge is 0.317 e. The van der Waals surface area contributed by atoms with Gasteiger partial charge in [-0.15, -0.1) is 0 Å². The van der Waals surface area contributed by atoms with Crippen molar-refractivity contribution < 1.29 is 9.09 Å². The summed E-state index contributed by atoms with van der Waals surface area (Å²) in [5.41, 5.74) is 2.39. The summed E-state index contributed by atoms with van der Waals surface area (Å²) in [6, 6.07) is 17.7. The lowest BCUT2D eigenvalue weighted by molar-refractivity contribution is 0.290. The van der Waals surface area contributed by atoms with Gasteiger partial charge in [-0.05, 0) is 36.1 Å². The number of aryl methyl sites for hydroxylation is 1. The van der Waals surface area contributed by atoms with Crippen LogP contribution in [-0.4, -0.2) is 18.3 Å². The van der Waals surface area contributed by atoms with E-state index in [4.69, 9.17) is 4.52 Å². The Morgan fingerprint density at radius 2 is 1.65 bits per heavy atom. The Labute approximate surface area is 139 Å². The molecule has 2 aromatic rings. The van der Waals surface area contributed by atoms with Crippen LogP contribution in [0.25, 0.3) is 0 Å². The van der Waals surface area contributed by atoms with E-state index in [2.05, 4.69) is 32.9 Å². The summed E-state index contributed by atoms with van der Waals surface area (Å²) < 4.78 is 21.2. The monoisotopic (exact) mass is 331 g/mol. The van der Waals surface area contributed by atoms with Crippen molar-refractivity contribution in [3.63, 3.8) is 0 Å². The van der Waals surface area contributed by atoms with Crippen LogP contribution in [0.2, 0.25) is 0 Å². The van der Waals surface area contributed by atoms with E-state index in [0.717, 1.165) is 5.30 Å². The first-order valence-corrected chi connectivity index (χ1v) is 9.56. The molecule has 0 saturated carbocycles. The van der Waals surface area contributed by atoms with Crippen LogP contribution in [0.5, 0.6) is 0 Å². The van der Waals surface area contributed by atoms with E-state index in [1.165, 1.54) is 11.1 Å². The highest BCUT2D eigenvalue weighted by Crippen LogP contribution is 2.50. The Kier molecular flexibility index (Phi) is 6.17. The molecule has 4 heteroatoms. The van der Waals surface area contributed by atoms with Gasteiger partial charge in [-0.25, -0.2) is 4.67 Å². The summed E-state index contributed by atoms with van der Waals surface area (Å²) in [6.07, 6.45) is 0. The molecule has 1 unspecified atom stereocenters. The first-order valence-electron chi connectivity index (χ1n) is 7.98. The molecule has 0 fully saturated rings. The molecule has 124 valence electrons. The van der Waals surface area contributed by atoms with E-state index in [0.29, 0.717) is 19.0 Å². The van der Waals surface area contributed by atoms with Gasteiger partial charge < -0.3 is 4.52 Å². The normalized spacial score (nSPS) is 14.2. The number of rotatable bonds is 7. The first kappa shape index (κ1) is 17.9. The fourth-order valence-electron chi connectivity index (χ4n) is 2.67. The molecule has 0 aliphatic carbocycles. The minimum atomic E-state index is -3.07.